The third-order valence-corrected chi connectivity index (χ3v) is 6.26. The zero-order chi connectivity index (χ0) is 25.4. The first-order valence-electron chi connectivity index (χ1n) is 11.2. The third kappa shape index (κ3) is 4.62. The molecule has 0 spiro atoms. The number of amides is 2. The summed E-state index contributed by atoms with van der Waals surface area (Å²) < 4.78 is 6.91. The van der Waals surface area contributed by atoms with Gasteiger partial charge in [-0.3, -0.25) is 14.8 Å². The number of rotatable bonds is 7. The van der Waals surface area contributed by atoms with Crippen molar-refractivity contribution >= 4 is 23.7 Å². The molecule has 0 unspecified atom stereocenters. The van der Waals surface area contributed by atoms with E-state index in [0.29, 0.717) is 5.69 Å². The second-order valence-corrected chi connectivity index (χ2v) is 9.57. The number of anilines is 1. The molecule has 1 heterocycles. The number of nitrogens with one attached hydrogen (secondary N) is 2. The Morgan fingerprint density at radius 3 is 2.14 bits per heavy atom. The smallest absolute Gasteiger partial charge is 0.411 e. The van der Waals surface area contributed by atoms with Crippen molar-refractivity contribution in [3.63, 3.8) is 0 Å². The standard InChI is InChI=1S/C26H28N4O5/c1-25(2,23(32)33)29-22(31)26(3,4)30-14-16(13-27-30)28-24(34)35-15-21-19-11-7-5-9-17(19)18-10-6-8-12-20(18)21/h5-14,21H,15H2,1-4H3,(H,28,34)(H,29,31)(H,32,33). The number of fused-ring (bicyclic) bond motifs is 3. The van der Waals surface area contributed by atoms with Gasteiger partial charge in [-0.2, -0.15) is 5.10 Å². The summed E-state index contributed by atoms with van der Waals surface area (Å²) in [7, 11) is 0. The number of aromatic nitrogens is 2. The molecule has 3 N–H and O–H groups in total. The normalized spacial score (nSPS) is 13.0. The van der Waals surface area contributed by atoms with Gasteiger partial charge in [-0.05, 0) is 49.9 Å². The van der Waals surface area contributed by atoms with E-state index in [1.54, 1.807) is 13.8 Å². The number of hydrogen-bond donors (Lipinski definition) is 3. The van der Waals surface area contributed by atoms with Crippen LogP contribution in [0.25, 0.3) is 11.1 Å². The predicted molar refractivity (Wildman–Crippen MR) is 130 cm³/mol. The molecule has 2 amide bonds. The van der Waals surface area contributed by atoms with E-state index < -0.39 is 29.0 Å². The Morgan fingerprint density at radius 2 is 1.57 bits per heavy atom. The Hall–Kier alpha value is -4.14. The first kappa shape index (κ1) is 24.0. The van der Waals surface area contributed by atoms with Gasteiger partial charge in [0.15, 0.2) is 0 Å². The molecule has 1 aliphatic rings. The Labute approximate surface area is 203 Å². The van der Waals surface area contributed by atoms with Gasteiger partial charge in [0, 0.05) is 12.1 Å². The third-order valence-electron chi connectivity index (χ3n) is 6.26. The van der Waals surface area contributed by atoms with Gasteiger partial charge in [-0.1, -0.05) is 48.5 Å². The molecule has 0 atom stereocenters. The quantitative estimate of drug-likeness (QED) is 0.474. The largest absolute Gasteiger partial charge is 0.480 e. The van der Waals surface area contributed by atoms with Crippen molar-refractivity contribution in [3.8, 4) is 11.1 Å². The van der Waals surface area contributed by atoms with E-state index >= 15 is 0 Å². The van der Waals surface area contributed by atoms with Crippen molar-refractivity contribution < 1.29 is 24.2 Å². The Kier molecular flexibility index (Phi) is 6.10. The molecule has 3 aromatic rings. The monoisotopic (exact) mass is 476 g/mol. The summed E-state index contributed by atoms with van der Waals surface area (Å²) in [4.78, 5) is 36.6. The van der Waals surface area contributed by atoms with Crippen molar-refractivity contribution in [2.45, 2.75) is 44.7 Å². The zero-order valence-corrected chi connectivity index (χ0v) is 20.0. The minimum absolute atomic E-state index is 0.0592. The summed E-state index contributed by atoms with van der Waals surface area (Å²) in [6.45, 7) is 6.17. The highest BCUT2D eigenvalue weighted by molar-refractivity contribution is 5.90. The van der Waals surface area contributed by atoms with Crippen LogP contribution in [-0.4, -0.2) is 45.0 Å². The van der Waals surface area contributed by atoms with Crippen LogP contribution in [0.4, 0.5) is 10.5 Å². The molecule has 182 valence electrons. The minimum atomic E-state index is -1.44. The number of carbonyl (C=O) groups excluding carboxylic acids is 2. The maximum Gasteiger partial charge on any atom is 0.411 e. The van der Waals surface area contributed by atoms with Gasteiger partial charge in [-0.15, -0.1) is 0 Å². The average molecular weight is 477 g/mol. The summed E-state index contributed by atoms with van der Waals surface area (Å²) >= 11 is 0. The summed E-state index contributed by atoms with van der Waals surface area (Å²) in [6.07, 6.45) is 2.26. The van der Waals surface area contributed by atoms with Crippen molar-refractivity contribution in [3.05, 3.63) is 72.1 Å². The number of nitrogens with zero attached hydrogens (tertiary/aromatic N) is 2. The maximum absolute atomic E-state index is 12.7. The lowest BCUT2D eigenvalue weighted by Crippen LogP contribution is -2.56. The molecule has 0 bridgehead atoms. The van der Waals surface area contributed by atoms with Crippen molar-refractivity contribution in [2.75, 3.05) is 11.9 Å². The topological polar surface area (TPSA) is 123 Å². The van der Waals surface area contributed by atoms with E-state index in [4.69, 9.17) is 4.74 Å². The van der Waals surface area contributed by atoms with Crippen LogP contribution >= 0.6 is 0 Å². The van der Waals surface area contributed by atoms with Crippen LogP contribution in [0.15, 0.2) is 60.9 Å². The Bertz CT molecular complexity index is 1250. The van der Waals surface area contributed by atoms with Gasteiger partial charge in [-0.25, -0.2) is 9.59 Å². The summed E-state index contributed by atoms with van der Waals surface area (Å²) in [5, 5.41) is 18.6. The second-order valence-electron chi connectivity index (χ2n) is 9.57. The molecule has 35 heavy (non-hydrogen) atoms. The highest BCUT2D eigenvalue weighted by atomic mass is 16.5. The van der Waals surface area contributed by atoms with E-state index in [0.717, 1.165) is 22.3 Å². The average Bonchev–Trinajstić information content (AvgIpc) is 3.40. The molecule has 0 aliphatic heterocycles. The minimum Gasteiger partial charge on any atom is -0.480 e. The number of hydrogen-bond acceptors (Lipinski definition) is 5. The van der Waals surface area contributed by atoms with Crippen molar-refractivity contribution in [2.24, 2.45) is 0 Å². The van der Waals surface area contributed by atoms with Gasteiger partial charge in [0.05, 0.1) is 11.9 Å². The molecule has 0 radical (unpaired) electrons. The first-order chi connectivity index (χ1) is 16.5. The number of aliphatic carboxylic acids is 1. The van der Waals surface area contributed by atoms with Gasteiger partial charge >= 0.3 is 12.1 Å². The van der Waals surface area contributed by atoms with Crippen LogP contribution in [0.2, 0.25) is 0 Å². The van der Waals surface area contributed by atoms with Crippen LogP contribution in [0.3, 0.4) is 0 Å². The molecule has 2 aromatic carbocycles. The summed E-state index contributed by atoms with van der Waals surface area (Å²) in [6, 6.07) is 16.2. The van der Waals surface area contributed by atoms with E-state index in [9.17, 15) is 19.5 Å². The molecular formula is C26H28N4O5. The number of carboxylic acid groups (broad SMARTS) is 1. The van der Waals surface area contributed by atoms with Crippen molar-refractivity contribution in [1.29, 1.82) is 0 Å². The van der Waals surface area contributed by atoms with Crippen LogP contribution in [0.1, 0.15) is 44.7 Å². The SMILES string of the molecule is CC(C)(NC(=O)C(C)(C)n1cc(NC(=O)OCC2c3ccccc3-c3ccccc32)cn1)C(=O)O. The molecule has 9 nitrogen and oxygen atoms in total. The molecule has 1 aromatic heterocycles. The summed E-state index contributed by atoms with van der Waals surface area (Å²) in [5.41, 5.74) is 2.23. The van der Waals surface area contributed by atoms with Gasteiger partial charge < -0.3 is 15.2 Å². The molecule has 0 saturated carbocycles. The molecule has 0 saturated heterocycles. The highest BCUT2D eigenvalue weighted by Crippen LogP contribution is 2.44. The van der Waals surface area contributed by atoms with Crippen LogP contribution in [0.5, 0.6) is 0 Å². The number of carbonyl (C=O) groups is 3. The molecule has 0 fully saturated rings. The first-order valence-corrected chi connectivity index (χ1v) is 11.2. The van der Waals surface area contributed by atoms with Crippen LogP contribution < -0.4 is 10.6 Å². The second kappa shape index (κ2) is 8.90. The maximum atomic E-state index is 12.7. The molecule has 1 aliphatic carbocycles. The van der Waals surface area contributed by atoms with E-state index in [2.05, 4.69) is 27.9 Å². The van der Waals surface area contributed by atoms with Gasteiger partial charge in [0.2, 0.25) is 5.91 Å². The number of benzene rings is 2. The number of carboxylic acids is 1. The number of ether oxygens (including phenoxy) is 1. The Balaban J connectivity index is 1.40. The molecule has 9 heteroatoms. The zero-order valence-electron chi connectivity index (χ0n) is 20.0. The van der Waals surface area contributed by atoms with E-state index in [1.165, 1.54) is 30.9 Å². The summed E-state index contributed by atoms with van der Waals surface area (Å²) in [5.74, 6) is -1.74. The Morgan fingerprint density at radius 1 is 1.00 bits per heavy atom. The van der Waals surface area contributed by atoms with Crippen molar-refractivity contribution in [1.82, 2.24) is 15.1 Å². The van der Waals surface area contributed by atoms with E-state index in [-0.39, 0.29) is 12.5 Å². The van der Waals surface area contributed by atoms with Crippen LogP contribution in [0, 0.1) is 0 Å². The molecular weight excluding hydrogens is 448 g/mol. The van der Waals surface area contributed by atoms with E-state index in [1.807, 2.05) is 36.4 Å². The van der Waals surface area contributed by atoms with Gasteiger partial charge in [0.1, 0.15) is 17.7 Å². The molecule has 4 rings (SSSR count). The lowest BCUT2D eigenvalue weighted by atomic mass is 9.98. The van der Waals surface area contributed by atoms with Gasteiger partial charge in [0.25, 0.3) is 0 Å². The lowest BCUT2D eigenvalue weighted by molar-refractivity contribution is -0.147. The van der Waals surface area contributed by atoms with Crippen LogP contribution in [-0.2, 0) is 19.9 Å². The highest BCUT2D eigenvalue weighted by Gasteiger charge is 2.37. The fourth-order valence-corrected chi connectivity index (χ4v) is 4.04. The fraction of sp³-hybridized carbons (Fsp3) is 0.308. The predicted octanol–water partition coefficient (Wildman–Crippen LogP) is 3.96. The fourth-order valence-electron chi connectivity index (χ4n) is 4.04. The lowest BCUT2D eigenvalue weighted by Gasteiger charge is -2.29.